The number of nitrogens with zero attached hydrogens (tertiary/aromatic N) is 1. The van der Waals surface area contributed by atoms with Gasteiger partial charge in [-0.1, -0.05) is 11.6 Å². The van der Waals surface area contributed by atoms with E-state index in [9.17, 15) is 27.7 Å². The van der Waals surface area contributed by atoms with Crippen LogP contribution in [0.4, 0.5) is 28.9 Å². The van der Waals surface area contributed by atoms with Crippen molar-refractivity contribution in [1.29, 1.82) is 0 Å². The lowest BCUT2D eigenvalue weighted by molar-refractivity contribution is -0.384. The van der Waals surface area contributed by atoms with E-state index < -0.39 is 37.0 Å². The van der Waals surface area contributed by atoms with Gasteiger partial charge in [0.25, 0.3) is 5.69 Å². The van der Waals surface area contributed by atoms with Crippen molar-refractivity contribution in [2.24, 2.45) is 0 Å². The molecule has 0 aliphatic rings. The molecule has 0 saturated heterocycles. The highest BCUT2D eigenvalue weighted by Gasteiger charge is 2.44. The second kappa shape index (κ2) is 11.5. The van der Waals surface area contributed by atoms with Crippen LogP contribution in [0.25, 0.3) is 0 Å². The molecular weight excluding hydrogens is 499 g/mol. The van der Waals surface area contributed by atoms with Crippen LogP contribution in [0.5, 0.6) is 17.2 Å². The number of hydrogen-bond acceptors (Lipinski definition) is 6. The van der Waals surface area contributed by atoms with E-state index in [0.29, 0.717) is 0 Å². The molecule has 2 aromatic rings. The summed E-state index contributed by atoms with van der Waals surface area (Å²) in [4.78, 5) is 25.0. The Morgan fingerprint density at radius 1 is 1.12 bits per heavy atom. The van der Waals surface area contributed by atoms with Gasteiger partial charge < -0.3 is 24.6 Å². The monoisotopic (exact) mass is 518 g/mol. The molecule has 3 N–H and O–H groups in total. The average molecular weight is 519 g/mol. The Morgan fingerprint density at radius 3 is 2.12 bits per heavy atom. The zero-order valence-electron chi connectivity index (χ0n) is 17.3. The Kier molecular flexibility index (Phi) is 9.91. The van der Waals surface area contributed by atoms with Gasteiger partial charge >= 0.3 is 20.8 Å². The van der Waals surface area contributed by atoms with Crippen molar-refractivity contribution in [1.82, 2.24) is 0 Å². The van der Waals surface area contributed by atoms with E-state index in [1.165, 1.54) is 18.2 Å². The van der Waals surface area contributed by atoms with Gasteiger partial charge in [-0.3, -0.25) is 14.7 Å². The molecule has 0 aliphatic carbocycles. The number of hydrogen-bond donors (Lipinski definition) is 3. The molecule has 9 nitrogen and oxygen atoms in total. The van der Waals surface area contributed by atoms with E-state index in [4.69, 9.17) is 30.7 Å². The Hall–Kier alpha value is -2.60. The molecule has 2 rings (SSSR count). The van der Waals surface area contributed by atoms with Crippen LogP contribution >= 0.6 is 19.9 Å². The molecule has 0 amide bonds. The van der Waals surface area contributed by atoms with Crippen molar-refractivity contribution in [2.75, 3.05) is 5.32 Å². The number of nitro benzene ring substituents is 1. The number of alkyl halides is 4. The molecule has 0 atom stereocenters. The summed E-state index contributed by atoms with van der Waals surface area (Å²) < 4.78 is 68.7. The first-order valence-electron chi connectivity index (χ1n) is 8.82. The number of ether oxygens (including phenoxy) is 2. The quantitative estimate of drug-likeness (QED) is 0.180. The highest BCUT2D eigenvalue weighted by molar-refractivity contribution is 7.30. The van der Waals surface area contributed by atoms with Crippen molar-refractivity contribution in [3.05, 3.63) is 51.5 Å². The Balaban J connectivity index is 0.00000125. The highest BCUT2D eigenvalue weighted by Crippen LogP contribution is 2.37. The Morgan fingerprint density at radius 2 is 1.67 bits per heavy atom. The molecule has 2 aromatic carbocycles. The summed E-state index contributed by atoms with van der Waals surface area (Å²) in [6, 6.07) is 6.98. The highest BCUT2D eigenvalue weighted by atomic mass is 35.5. The van der Waals surface area contributed by atoms with Crippen molar-refractivity contribution >= 4 is 31.2 Å². The Labute approximate surface area is 191 Å². The van der Waals surface area contributed by atoms with Crippen molar-refractivity contribution in [3.63, 3.8) is 0 Å². The van der Waals surface area contributed by atoms with Crippen LogP contribution < -0.4 is 14.8 Å². The van der Waals surface area contributed by atoms with Crippen LogP contribution in [0.2, 0.25) is 5.02 Å². The topological polar surface area (TPSA) is 131 Å². The first-order valence-corrected chi connectivity index (χ1v) is 10.5. The second-order valence-electron chi connectivity index (χ2n) is 7.25. The third-order valence-electron chi connectivity index (χ3n) is 3.31. The third-order valence-corrected chi connectivity index (χ3v) is 3.61. The van der Waals surface area contributed by atoms with Crippen LogP contribution in [0.1, 0.15) is 20.8 Å². The molecule has 0 aliphatic heterocycles. The van der Waals surface area contributed by atoms with Gasteiger partial charge in [-0.15, -0.1) is 0 Å². The molecule has 15 heteroatoms. The molecule has 0 spiro atoms. The zero-order valence-corrected chi connectivity index (χ0v) is 19.1. The number of nitrogens with one attached hydrogen (secondary N) is 1. The molecule has 0 unspecified atom stereocenters. The number of anilines is 1. The fourth-order valence-electron chi connectivity index (χ4n) is 2.20. The molecule has 0 aromatic heterocycles. The fourth-order valence-corrected chi connectivity index (χ4v) is 2.41. The smallest absolute Gasteiger partial charge is 0.456 e. The summed E-state index contributed by atoms with van der Waals surface area (Å²) in [6.45, 7) is 5.44. The summed E-state index contributed by atoms with van der Waals surface area (Å²) in [5, 5.41) is 14.0. The summed E-state index contributed by atoms with van der Waals surface area (Å²) in [5.41, 5.74) is -0.445. The van der Waals surface area contributed by atoms with E-state index >= 15 is 0 Å². The van der Waals surface area contributed by atoms with E-state index in [1.54, 1.807) is 0 Å². The Bertz CT molecular complexity index is 1000. The van der Waals surface area contributed by atoms with Crippen LogP contribution in [-0.4, -0.2) is 32.8 Å². The van der Waals surface area contributed by atoms with Crippen molar-refractivity contribution in [3.8, 4) is 17.2 Å². The average Bonchev–Trinajstić information content (AvgIpc) is 2.61. The summed E-state index contributed by atoms with van der Waals surface area (Å²) >= 11 is 5.95. The van der Waals surface area contributed by atoms with Gasteiger partial charge in [0, 0.05) is 23.7 Å². The van der Waals surface area contributed by atoms with Crippen molar-refractivity contribution < 1.29 is 46.3 Å². The largest absolute Gasteiger partial charge is 0.461 e. The lowest BCUT2D eigenvalue weighted by atomic mass is 10.1. The predicted octanol–water partition coefficient (Wildman–Crippen LogP) is 5.85. The molecule has 0 fully saturated rings. The lowest BCUT2D eigenvalue weighted by Crippen LogP contribution is -2.33. The fraction of sp³-hybridized carbons (Fsp3) is 0.333. The molecule has 0 saturated carbocycles. The minimum atomic E-state index is -4.67. The van der Waals surface area contributed by atoms with Gasteiger partial charge in [0.1, 0.15) is 22.9 Å². The molecule has 0 bridgehead atoms. The first kappa shape index (κ1) is 28.4. The normalized spacial score (nSPS) is 11.6. The summed E-state index contributed by atoms with van der Waals surface area (Å²) in [7, 11) is -3.13. The molecule has 33 heavy (non-hydrogen) atoms. The maximum Gasteiger partial charge on any atom is 0.461 e. The third kappa shape index (κ3) is 9.82. The van der Waals surface area contributed by atoms with Crippen LogP contribution in [0, 0.1) is 10.1 Å². The summed E-state index contributed by atoms with van der Waals surface area (Å²) in [5.74, 6) is -0.391. The van der Waals surface area contributed by atoms with E-state index in [0.717, 1.165) is 18.2 Å². The molecule has 0 heterocycles. The molecular formula is C18H20ClF4N2O7P. The maximum absolute atomic E-state index is 13.0. The number of benzene rings is 2. The first-order chi connectivity index (χ1) is 15.0. The van der Waals surface area contributed by atoms with E-state index in [-0.39, 0.29) is 27.9 Å². The summed E-state index contributed by atoms with van der Waals surface area (Å²) in [6.07, 6.45) is -8.68. The van der Waals surface area contributed by atoms with Gasteiger partial charge in [-0.05, 0) is 39.0 Å². The zero-order chi connectivity index (χ0) is 25.6. The van der Waals surface area contributed by atoms with Gasteiger partial charge in [-0.2, -0.15) is 17.6 Å². The van der Waals surface area contributed by atoms with Gasteiger partial charge in [0.15, 0.2) is 0 Å². The number of nitro groups is 1. The van der Waals surface area contributed by atoms with Gasteiger partial charge in [0.2, 0.25) is 0 Å². The number of rotatable bonds is 7. The van der Waals surface area contributed by atoms with Gasteiger partial charge in [0.05, 0.1) is 9.95 Å². The van der Waals surface area contributed by atoms with E-state index in [1.807, 2.05) is 20.8 Å². The van der Waals surface area contributed by atoms with Crippen LogP contribution in [0.3, 0.4) is 0 Å². The molecule has 184 valence electrons. The van der Waals surface area contributed by atoms with Crippen LogP contribution in [0.15, 0.2) is 36.4 Å². The van der Waals surface area contributed by atoms with Crippen LogP contribution in [-0.2, 0) is 4.57 Å². The predicted molar refractivity (Wildman–Crippen MR) is 113 cm³/mol. The second-order valence-corrected chi connectivity index (χ2v) is 8.22. The van der Waals surface area contributed by atoms with E-state index in [2.05, 4.69) is 10.1 Å². The van der Waals surface area contributed by atoms with Gasteiger partial charge in [-0.25, -0.2) is 0 Å². The number of halogens is 5. The van der Waals surface area contributed by atoms with Crippen molar-refractivity contribution in [2.45, 2.75) is 38.8 Å². The SMILES string of the molecule is CC(C)(C)Nc1cc(Oc2ccc(OC(F)(F)C(F)F)cc2Cl)ccc1[N+](=O)[O-].O=[PH](O)O. The molecule has 0 radical (unpaired) electrons. The minimum Gasteiger partial charge on any atom is -0.456 e. The lowest BCUT2D eigenvalue weighted by Gasteiger charge is -2.22. The standard InChI is InChI=1S/C18H17ClF4N2O4.H3O3P/c1-17(2,3)24-13-9-10(4-6-14(13)25(26)27)28-15-7-5-11(8-12(15)19)29-18(22,23)16(20)21;1-4(2)3/h4-9,16,24H,1-3H3;4H,(H2,1,2,3). The maximum atomic E-state index is 13.0. The minimum absolute atomic E-state index is 0.00921.